The van der Waals surface area contributed by atoms with E-state index in [0.717, 1.165) is 34.6 Å². The summed E-state index contributed by atoms with van der Waals surface area (Å²) < 4.78 is 6.10. The number of amides is 2. The Balaban J connectivity index is 1.43. The number of urea groups is 1. The van der Waals surface area contributed by atoms with Crippen molar-refractivity contribution in [3.8, 4) is 5.75 Å². The van der Waals surface area contributed by atoms with Gasteiger partial charge in [0.2, 0.25) is 0 Å². The molecule has 1 N–H and O–H groups in total. The van der Waals surface area contributed by atoms with Gasteiger partial charge in [0.05, 0.1) is 17.9 Å². The first kappa shape index (κ1) is 20.6. The minimum atomic E-state index is -0.283. The van der Waals surface area contributed by atoms with Crippen LogP contribution in [0.15, 0.2) is 77.9 Å². The lowest BCUT2D eigenvalue weighted by molar-refractivity contribution is 0.139. The number of rotatable bonds is 3. The van der Waals surface area contributed by atoms with Crippen LogP contribution >= 0.6 is 11.6 Å². The summed E-state index contributed by atoms with van der Waals surface area (Å²) in [6.07, 6.45) is 0.810. The molecule has 32 heavy (non-hydrogen) atoms. The van der Waals surface area contributed by atoms with Gasteiger partial charge in [0.1, 0.15) is 11.4 Å². The highest BCUT2D eigenvalue weighted by molar-refractivity contribution is 6.30. The van der Waals surface area contributed by atoms with E-state index < -0.39 is 0 Å². The van der Waals surface area contributed by atoms with Gasteiger partial charge in [-0.3, -0.25) is 0 Å². The lowest BCUT2D eigenvalue weighted by Gasteiger charge is -2.19. The van der Waals surface area contributed by atoms with E-state index >= 15 is 0 Å². The summed E-state index contributed by atoms with van der Waals surface area (Å²) in [5, 5.41) is 9.89. The van der Waals surface area contributed by atoms with Crippen molar-refractivity contribution in [2.45, 2.75) is 31.8 Å². The van der Waals surface area contributed by atoms with Gasteiger partial charge in [0, 0.05) is 22.9 Å². The SMILES string of the molecule is CC1(C)Cc2cccc(NC(=O)N3CC(c4ccccc4)C(c4ccc(Cl)cc4)=N3)c2O1. The molecule has 5 nitrogen and oxygen atoms in total. The zero-order valence-corrected chi connectivity index (χ0v) is 18.8. The molecule has 0 aliphatic carbocycles. The summed E-state index contributed by atoms with van der Waals surface area (Å²) in [6, 6.07) is 23.3. The van der Waals surface area contributed by atoms with Gasteiger partial charge in [-0.05, 0) is 43.2 Å². The van der Waals surface area contributed by atoms with Crippen molar-refractivity contribution in [1.82, 2.24) is 5.01 Å². The molecule has 0 bridgehead atoms. The van der Waals surface area contributed by atoms with E-state index in [-0.39, 0.29) is 17.6 Å². The maximum Gasteiger partial charge on any atom is 0.342 e. The number of nitrogens with one attached hydrogen (secondary N) is 1. The Hall–Kier alpha value is -3.31. The Morgan fingerprint density at radius 2 is 1.81 bits per heavy atom. The van der Waals surface area contributed by atoms with Crippen LogP contribution in [0.3, 0.4) is 0 Å². The summed E-state index contributed by atoms with van der Waals surface area (Å²) >= 11 is 6.08. The summed E-state index contributed by atoms with van der Waals surface area (Å²) in [4.78, 5) is 13.2. The average molecular weight is 446 g/mol. The van der Waals surface area contributed by atoms with E-state index in [1.54, 1.807) is 0 Å². The predicted octanol–water partition coefficient (Wildman–Crippen LogP) is 6.09. The topological polar surface area (TPSA) is 53.9 Å². The number of ether oxygens (including phenoxy) is 1. The number of nitrogens with zero attached hydrogens (tertiary/aromatic N) is 2. The Kier molecular flexibility index (Phi) is 5.14. The molecule has 0 saturated heterocycles. The predicted molar refractivity (Wildman–Crippen MR) is 128 cm³/mol. The fourth-order valence-corrected chi connectivity index (χ4v) is 4.48. The van der Waals surface area contributed by atoms with Crippen LogP contribution in [-0.2, 0) is 6.42 Å². The molecule has 3 aromatic rings. The van der Waals surface area contributed by atoms with Crippen LogP contribution in [0.1, 0.15) is 36.5 Å². The van der Waals surface area contributed by atoms with Gasteiger partial charge in [0.15, 0.2) is 0 Å². The second kappa shape index (κ2) is 7.99. The minimum absolute atomic E-state index is 0.0280. The Labute approximate surface area is 192 Å². The number of hydrazone groups is 1. The monoisotopic (exact) mass is 445 g/mol. The Morgan fingerprint density at radius 3 is 2.56 bits per heavy atom. The van der Waals surface area contributed by atoms with Gasteiger partial charge in [0.25, 0.3) is 0 Å². The summed E-state index contributed by atoms with van der Waals surface area (Å²) in [5.41, 5.74) is 4.39. The second-order valence-electron chi connectivity index (χ2n) is 8.80. The molecule has 3 aromatic carbocycles. The number of benzene rings is 3. The molecule has 2 amide bonds. The first-order chi connectivity index (χ1) is 15.4. The first-order valence-electron chi connectivity index (χ1n) is 10.7. The van der Waals surface area contributed by atoms with E-state index in [4.69, 9.17) is 21.4 Å². The normalized spacial score (nSPS) is 18.7. The molecule has 1 atom stereocenters. The largest absolute Gasteiger partial charge is 0.485 e. The third-order valence-corrected chi connectivity index (χ3v) is 6.08. The highest BCUT2D eigenvalue weighted by atomic mass is 35.5. The number of anilines is 1. The van der Waals surface area contributed by atoms with Gasteiger partial charge < -0.3 is 10.1 Å². The quantitative estimate of drug-likeness (QED) is 0.530. The van der Waals surface area contributed by atoms with Crippen LogP contribution in [0.2, 0.25) is 5.02 Å². The minimum Gasteiger partial charge on any atom is -0.485 e. The molecule has 0 saturated carbocycles. The zero-order chi connectivity index (χ0) is 22.3. The van der Waals surface area contributed by atoms with Crippen LogP contribution in [-0.4, -0.2) is 28.9 Å². The fourth-order valence-electron chi connectivity index (χ4n) is 4.35. The van der Waals surface area contributed by atoms with Crippen molar-refractivity contribution < 1.29 is 9.53 Å². The molecule has 1 unspecified atom stereocenters. The zero-order valence-electron chi connectivity index (χ0n) is 18.0. The molecule has 2 aliphatic rings. The summed E-state index contributed by atoms with van der Waals surface area (Å²) in [5.74, 6) is 0.714. The summed E-state index contributed by atoms with van der Waals surface area (Å²) in [7, 11) is 0. The van der Waals surface area contributed by atoms with Crippen LogP contribution < -0.4 is 10.1 Å². The number of halogens is 1. The maximum atomic E-state index is 13.2. The highest BCUT2D eigenvalue weighted by Gasteiger charge is 2.35. The van der Waals surface area contributed by atoms with Gasteiger partial charge >= 0.3 is 6.03 Å². The third kappa shape index (κ3) is 3.96. The van der Waals surface area contributed by atoms with E-state index in [9.17, 15) is 4.79 Å². The second-order valence-corrected chi connectivity index (χ2v) is 9.24. The van der Waals surface area contributed by atoms with Crippen LogP contribution in [0.25, 0.3) is 0 Å². The van der Waals surface area contributed by atoms with Crippen molar-refractivity contribution in [3.05, 3.63) is 94.5 Å². The van der Waals surface area contributed by atoms with Gasteiger partial charge in [-0.25, -0.2) is 9.80 Å². The van der Waals surface area contributed by atoms with Crippen LogP contribution in [0, 0.1) is 0 Å². The fraction of sp³-hybridized carbons (Fsp3) is 0.231. The van der Waals surface area contributed by atoms with E-state index in [1.807, 2.05) is 74.5 Å². The van der Waals surface area contributed by atoms with Crippen molar-refractivity contribution >= 4 is 29.0 Å². The third-order valence-electron chi connectivity index (χ3n) is 5.82. The number of hydrogen-bond donors (Lipinski definition) is 1. The number of fused-ring (bicyclic) bond motifs is 1. The van der Waals surface area contributed by atoms with Crippen LogP contribution in [0.4, 0.5) is 10.5 Å². The standard InChI is InChI=1S/C26H24ClN3O2/c1-26(2)15-19-9-6-10-22(24(19)32-26)28-25(31)30-16-21(17-7-4-3-5-8-17)23(29-30)18-11-13-20(27)14-12-18/h3-14,21H,15-16H2,1-2H3,(H,28,31). The Morgan fingerprint density at radius 1 is 1.06 bits per heavy atom. The maximum absolute atomic E-state index is 13.2. The van der Waals surface area contributed by atoms with Crippen molar-refractivity contribution in [3.63, 3.8) is 0 Å². The van der Waals surface area contributed by atoms with E-state index in [0.29, 0.717) is 17.3 Å². The van der Waals surface area contributed by atoms with E-state index in [2.05, 4.69) is 17.4 Å². The Bertz CT molecular complexity index is 1190. The molecule has 162 valence electrons. The lowest BCUT2D eigenvalue weighted by Crippen LogP contribution is -2.30. The average Bonchev–Trinajstić information content (AvgIpc) is 3.36. The summed E-state index contributed by atoms with van der Waals surface area (Å²) in [6.45, 7) is 4.55. The van der Waals surface area contributed by atoms with Crippen molar-refractivity contribution in [2.24, 2.45) is 5.10 Å². The molecule has 0 aromatic heterocycles. The lowest BCUT2D eigenvalue weighted by atomic mass is 9.91. The molecule has 0 spiro atoms. The number of carbonyl (C=O) groups is 1. The van der Waals surface area contributed by atoms with Gasteiger partial charge in [-0.2, -0.15) is 5.10 Å². The van der Waals surface area contributed by atoms with Gasteiger partial charge in [-0.15, -0.1) is 0 Å². The molecular weight excluding hydrogens is 422 g/mol. The number of carbonyl (C=O) groups excluding carboxylic acids is 1. The highest BCUT2D eigenvalue weighted by Crippen LogP contribution is 2.40. The molecular formula is C26H24ClN3O2. The molecule has 0 radical (unpaired) electrons. The molecule has 2 aliphatic heterocycles. The van der Waals surface area contributed by atoms with Crippen molar-refractivity contribution in [1.29, 1.82) is 0 Å². The molecule has 5 rings (SSSR count). The van der Waals surface area contributed by atoms with Crippen molar-refractivity contribution in [2.75, 3.05) is 11.9 Å². The molecule has 6 heteroatoms. The van der Waals surface area contributed by atoms with Crippen LogP contribution in [0.5, 0.6) is 5.75 Å². The van der Waals surface area contributed by atoms with E-state index in [1.165, 1.54) is 5.01 Å². The first-order valence-corrected chi connectivity index (χ1v) is 11.1. The number of para-hydroxylation sites is 1. The molecule has 0 fully saturated rings. The van der Waals surface area contributed by atoms with Gasteiger partial charge in [-0.1, -0.05) is 66.2 Å². The number of hydrogen-bond acceptors (Lipinski definition) is 3. The smallest absolute Gasteiger partial charge is 0.342 e. The molecule has 2 heterocycles.